The standard InChI is InChI=1S/C19H31NS/c21-17-9-5-3-1-2-4-8-14-20-15-12-18-10-6-7-11-19(18)13-16-20/h6-7,10-11,21H,1-5,8-9,12-17H2. The maximum Gasteiger partial charge on any atom is 0.00221 e. The molecule has 0 unspecified atom stereocenters. The van der Waals surface area contributed by atoms with Crippen LogP contribution < -0.4 is 0 Å². The average molecular weight is 306 g/mol. The van der Waals surface area contributed by atoms with Crippen molar-refractivity contribution in [2.24, 2.45) is 0 Å². The van der Waals surface area contributed by atoms with Crippen LogP contribution in [-0.2, 0) is 12.8 Å². The van der Waals surface area contributed by atoms with Gasteiger partial charge < -0.3 is 4.90 Å². The molecular formula is C19H31NS. The van der Waals surface area contributed by atoms with Crippen LogP contribution in [0.3, 0.4) is 0 Å². The van der Waals surface area contributed by atoms with Gasteiger partial charge in [0.1, 0.15) is 0 Å². The molecule has 0 saturated carbocycles. The summed E-state index contributed by atoms with van der Waals surface area (Å²) in [7, 11) is 0. The predicted molar refractivity (Wildman–Crippen MR) is 96.5 cm³/mol. The van der Waals surface area contributed by atoms with E-state index in [1.165, 1.54) is 77.4 Å². The summed E-state index contributed by atoms with van der Waals surface area (Å²) in [6.07, 6.45) is 12.2. The molecule has 0 atom stereocenters. The first-order valence-corrected chi connectivity index (χ1v) is 9.43. The normalized spacial score (nSPS) is 15.7. The third kappa shape index (κ3) is 6.44. The molecule has 0 aromatic heterocycles. The van der Waals surface area contributed by atoms with Crippen molar-refractivity contribution in [3.05, 3.63) is 35.4 Å². The van der Waals surface area contributed by atoms with Crippen molar-refractivity contribution >= 4 is 12.6 Å². The lowest BCUT2D eigenvalue weighted by Crippen LogP contribution is -2.27. The molecule has 0 aliphatic carbocycles. The Kier molecular flexibility index (Phi) is 8.28. The summed E-state index contributed by atoms with van der Waals surface area (Å²) >= 11 is 4.26. The molecule has 1 nitrogen and oxygen atoms in total. The molecule has 1 aliphatic heterocycles. The van der Waals surface area contributed by atoms with E-state index < -0.39 is 0 Å². The number of nitrogens with zero attached hydrogens (tertiary/aromatic N) is 1. The molecule has 118 valence electrons. The Labute approximate surface area is 136 Å². The van der Waals surface area contributed by atoms with Crippen molar-refractivity contribution in [1.82, 2.24) is 4.90 Å². The fourth-order valence-electron chi connectivity index (χ4n) is 3.27. The van der Waals surface area contributed by atoms with E-state index in [0.29, 0.717) is 0 Å². The summed E-state index contributed by atoms with van der Waals surface area (Å²) < 4.78 is 0. The minimum atomic E-state index is 1.05. The summed E-state index contributed by atoms with van der Waals surface area (Å²) in [5, 5.41) is 0. The van der Waals surface area contributed by atoms with Crippen molar-refractivity contribution in [3.8, 4) is 0 Å². The number of benzene rings is 1. The Hall–Kier alpha value is -0.470. The highest BCUT2D eigenvalue weighted by Gasteiger charge is 2.12. The SMILES string of the molecule is SCCCCCCCCCN1CCc2ccccc2CC1. The summed E-state index contributed by atoms with van der Waals surface area (Å²) in [5.74, 6) is 1.05. The van der Waals surface area contributed by atoms with E-state index in [-0.39, 0.29) is 0 Å². The smallest absolute Gasteiger partial charge is 0.00221 e. The van der Waals surface area contributed by atoms with Gasteiger partial charge in [-0.05, 0) is 49.1 Å². The van der Waals surface area contributed by atoms with Gasteiger partial charge in [-0.1, -0.05) is 56.4 Å². The maximum absolute atomic E-state index is 4.26. The lowest BCUT2D eigenvalue weighted by molar-refractivity contribution is 0.279. The van der Waals surface area contributed by atoms with Crippen LogP contribution in [0.5, 0.6) is 0 Å². The number of thiol groups is 1. The van der Waals surface area contributed by atoms with Crippen LogP contribution in [-0.4, -0.2) is 30.3 Å². The molecule has 0 N–H and O–H groups in total. The monoisotopic (exact) mass is 305 g/mol. The zero-order valence-electron chi connectivity index (χ0n) is 13.4. The fourth-order valence-corrected chi connectivity index (χ4v) is 3.49. The minimum absolute atomic E-state index is 1.05. The Balaban J connectivity index is 1.54. The van der Waals surface area contributed by atoms with Gasteiger partial charge in [-0.25, -0.2) is 0 Å². The van der Waals surface area contributed by atoms with Crippen LogP contribution >= 0.6 is 12.6 Å². The molecule has 2 heteroatoms. The molecule has 1 aliphatic rings. The minimum Gasteiger partial charge on any atom is -0.303 e. The predicted octanol–water partition coefficient (Wildman–Crippen LogP) is 4.75. The molecule has 1 aromatic carbocycles. The number of fused-ring (bicyclic) bond motifs is 1. The molecule has 0 amide bonds. The van der Waals surface area contributed by atoms with Crippen molar-refractivity contribution < 1.29 is 0 Å². The number of hydrogen-bond acceptors (Lipinski definition) is 2. The van der Waals surface area contributed by atoms with Gasteiger partial charge in [0.25, 0.3) is 0 Å². The Morgan fingerprint density at radius 2 is 1.29 bits per heavy atom. The van der Waals surface area contributed by atoms with Crippen LogP contribution in [0.25, 0.3) is 0 Å². The molecular weight excluding hydrogens is 274 g/mol. The molecule has 2 rings (SSSR count). The van der Waals surface area contributed by atoms with Gasteiger partial charge in [0, 0.05) is 13.1 Å². The van der Waals surface area contributed by atoms with Gasteiger partial charge in [-0.3, -0.25) is 0 Å². The van der Waals surface area contributed by atoms with Gasteiger partial charge >= 0.3 is 0 Å². The lowest BCUT2D eigenvalue weighted by Gasteiger charge is -2.19. The molecule has 0 bridgehead atoms. The van der Waals surface area contributed by atoms with E-state index in [9.17, 15) is 0 Å². The molecule has 1 heterocycles. The number of hydrogen-bond donors (Lipinski definition) is 1. The van der Waals surface area contributed by atoms with Gasteiger partial charge in [0.05, 0.1) is 0 Å². The second-order valence-corrected chi connectivity index (χ2v) is 6.76. The van der Waals surface area contributed by atoms with E-state index in [0.717, 1.165) is 5.75 Å². The van der Waals surface area contributed by atoms with Crippen molar-refractivity contribution in [2.75, 3.05) is 25.4 Å². The summed E-state index contributed by atoms with van der Waals surface area (Å²) in [6, 6.07) is 8.98. The molecule has 1 aromatic rings. The Morgan fingerprint density at radius 3 is 1.86 bits per heavy atom. The average Bonchev–Trinajstić information content (AvgIpc) is 2.73. The summed E-state index contributed by atoms with van der Waals surface area (Å²) in [5.41, 5.74) is 3.15. The van der Waals surface area contributed by atoms with E-state index in [4.69, 9.17) is 0 Å². The van der Waals surface area contributed by atoms with Crippen molar-refractivity contribution in [1.29, 1.82) is 0 Å². The molecule has 0 fully saturated rings. The second-order valence-electron chi connectivity index (χ2n) is 6.31. The van der Waals surface area contributed by atoms with Crippen molar-refractivity contribution in [2.45, 2.75) is 57.8 Å². The molecule has 0 spiro atoms. The lowest BCUT2D eigenvalue weighted by atomic mass is 10.0. The molecule has 0 radical (unpaired) electrons. The van der Waals surface area contributed by atoms with E-state index >= 15 is 0 Å². The number of rotatable bonds is 9. The van der Waals surface area contributed by atoms with Crippen LogP contribution in [0, 0.1) is 0 Å². The van der Waals surface area contributed by atoms with Gasteiger partial charge in [-0.15, -0.1) is 0 Å². The first kappa shape index (κ1) is 16.9. The topological polar surface area (TPSA) is 3.24 Å². The van der Waals surface area contributed by atoms with E-state index in [2.05, 4.69) is 41.8 Å². The third-order valence-electron chi connectivity index (χ3n) is 4.65. The fraction of sp³-hybridized carbons (Fsp3) is 0.684. The highest BCUT2D eigenvalue weighted by molar-refractivity contribution is 7.80. The number of unbranched alkanes of at least 4 members (excludes halogenated alkanes) is 6. The van der Waals surface area contributed by atoms with Crippen LogP contribution in [0.4, 0.5) is 0 Å². The third-order valence-corrected chi connectivity index (χ3v) is 4.96. The van der Waals surface area contributed by atoms with Gasteiger partial charge in [0.2, 0.25) is 0 Å². The highest BCUT2D eigenvalue weighted by Crippen LogP contribution is 2.16. The highest BCUT2D eigenvalue weighted by atomic mass is 32.1. The van der Waals surface area contributed by atoms with E-state index in [1.54, 1.807) is 11.1 Å². The Bertz CT molecular complexity index is 364. The van der Waals surface area contributed by atoms with E-state index in [1.807, 2.05) is 0 Å². The summed E-state index contributed by atoms with van der Waals surface area (Å²) in [4.78, 5) is 2.67. The Morgan fingerprint density at radius 1 is 0.762 bits per heavy atom. The van der Waals surface area contributed by atoms with Gasteiger partial charge in [-0.2, -0.15) is 12.6 Å². The van der Waals surface area contributed by atoms with Crippen molar-refractivity contribution in [3.63, 3.8) is 0 Å². The van der Waals surface area contributed by atoms with Crippen LogP contribution in [0.1, 0.15) is 56.1 Å². The molecule has 0 saturated heterocycles. The maximum atomic E-state index is 4.26. The van der Waals surface area contributed by atoms with Gasteiger partial charge in [0.15, 0.2) is 0 Å². The zero-order chi connectivity index (χ0) is 14.8. The summed E-state index contributed by atoms with van der Waals surface area (Å²) in [6.45, 7) is 3.79. The second kappa shape index (κ2) is 10.3. The largest absolute Gasteiger partial charge is 0.303 e. The zero-order valence-corrected chi connectivity index (χ0v) is 14.3. The first-order valence-electron chi connectivity index (χ1n) is 8.80. The quantitative estimate of drug-likeness (QED) is 0.509. The first-order chi connectivity index (χ1) is 10.4. The molecule has 21 heavy (non-hydrogen) atoms. The van der Waals surface area contributed by atoms with Crippen LogP contribution in [0.15, 0.2) is 24.3 Å². The van der Waals surface area contributed by atoms with Crippen LogP contribution in [0.2, 0.25) is 0 Å².